The zero-order valence-corrected chi connectivity index (χ0v) is 7.72. The van der Waals surface area contributed by atoms with E-state index in [1.54, 1.807) is 0 Å². The largest absolute Gasteiger partial charge is 0.393 e. The second-order valence-corrected chi connectivity index (χ2v) is 4.01. The van der Waals surface area contributed by atoms with Gasteiger partial charge in [-0.2, -0.15) is 0 Å². The molecule has 0 aromatic carbocycles. The summed E-state index contributed by atoms with van der Waals surface area (Å²) in [5, 5.41) is 0. The number of hydrogen-bond acceptors (Lipinski definition) is 3. The fourth-order valence-electron chi connectivity index (χ4n) is 1.33. The van der Waals surface area contributed by atoms with Crippen LogP contribution in [0.15, 0.2) is 0 Å². The van der Waals surface area contributed by atoms with Crippen LogP contribution in [0.3, 0.4) is 0 Å². The lowest BCUT2D eigenvalue weighted by Crippen LogP contribution is -2.37. The number of rotatable bonds is 1. The highest BCUT2D eigenvalue weighted by molar-refractivity contribution is 5.89. The molecule has 0 amide bonds. The van der Waals surface area contributed by atoms with E-state index < -0.39 is 0 Å². The van der Waals surface area contributed by atoms with E-state index in [0.29, 0.717) is 18.8 Å². The van der Waals surface area contributed by atoms with Crippen molar-refractivity contribution in [3.63, 3.8) is 0 Å². The summed E-state index contributed by atoms with van der Waals surface area (Å²) in [5.74, 6) is -0.445. The molecule has 0 bridgehead atoms. The number of ether oxygens (including phenoxy) is 1. The van der Waals surface area contributed by atoms with Gasteiger partial charge in [0.25, 0.3) is 0 Å². The molecule has 3 heteroatoms. The van der Waals surface area contributed by atoms with Crippen LogP contribution in [0.2, 0.25) is 0 Å². The molecule has 12 heavy (non-hydrogen) atoms. The summed E-state index contributed by atoms with van der Waals surface area (Å²) in [6.07, 6.45) is 0.715. The fourth-order valence-corrected chi connectivity index (χ4v) is 1.33. The van der Waals surface area contributed by atoms with Gasteiger partial charge < -0.3 is 4.74 Å². The first-order chi connectivity index (χ1) is 5.44. The fraction of sp³-hybridized carbons (Fsp3) is 0.778. The van der Waals surface area contributed by atoms with Crippen LogP contribution in [0.25, 0.3) is 0 Å². The van der Waals surface area contributed by atoms with Crippen LogP contribution < -0.4 is 0 Å². The number of carbonyl (C=O) groups excluding carboxylic acids is 2. The molecule has 0 N–H and O–H groups in total. The van der Waals surface area contributed by atoms with E-state index >= 15 is 0 Å². The van der Waals surface area contributed by atoms with E-state index in [-0.39, 0.29) is 17.4 Å². The molecule has 0 radical (unpaired) electrons. The third-order valence-electron chi connectivity index (χ3n) is 2.72. The number of cyclic esters (lactones) is 2. The molecule has 1 heterocycles. The van der Waals surface area contributed by atoms with Crippen molar-refractivity contribution in [1.29, 1.82) is 0 Å². The summed E-state index contributed by atoms with van der Waals surface area (Å²) in [6.45, 7) is 5.99. The van der Waals surface area contributed by atoms with Crippen LogP contribution >= 0.6 is 0 Å². The van der Waals surface area contributed by atoms with Gasteiger partial charge >= 0.3 is 11.9 Å². The van der Waals surface area contributed by atoms with E-state index in [2.05, 4.69) is 4.74 Å². The standard InChI is InChI=1S/C9H14O3/c1-6(2)9(3)4-7(10)12-8(11)5-9/h6H,4-5H2,1-3H3. The zero-order chi connectivity index (χ0) is 9.35. The third-order valence-corrected chi connectivity index (χ3v) is 2.72. The van der Waals surface area contributed by atoms with Crippen molar-refractivity contribution < 1.29 is 14.3 Å². The van der Waals surface area contributed by atoms with Gasteiger partial charge in [0.2, 0.25) is 0 Å². The minimum absolute atomic E-state index is 0.202. The maximum Gasteiger partial charge on any atom is 0.314 e. The smallest absolute Gasteiger partial charge is 0.314 e. The molecule has 0 aromatic rings. The number of carbonyl (C=O) groups is 2. The predicted octanol–water partition coefficient (Wildman–Crippen LogP) is 1.51. The maximum atomic E-state index is 11.0. The lowest BCUT2D eigenvalue weighted by atomic mass is 9.73. The van der Waals surface area contributed by atoms with Crippen molar-refractivity contribution in [2.45, 2.75) is 33.6 Å². The Hall–Kier alpha value is -0.860. The van der Waals surface area contributed by atoms with Crippen molar-refractivity contribution >= 4 is 11.9 Å². The van der Waals surface area contributed by atoms with Gasteiger partial charge in [-0.05, 0) is 11.3 Å². The highest BCUT2D eigenvalue weighted by Crippen LogP contribution is 2.38. The Morgan fingerprint density at radius 1 is 1.25 bits per heavy atom. The molecule has 0 aromatic heterocycles. The van der Waals surface area contributed by atoms with E-state index in [4.69, 9.17) is 0 Å². The lowest BCUT2D eigenvalue weighted by Gasteiger charge is -2.34. The number of hydrogen-bond donors (Lipinski definition) is 0. The molecule has 1 aliphatic rings. The van der Waals surface area contributed by atoms with Crippen LogP contribution in [-0.4, -0.2) is 11.9 Å². The minimum Gasteiger partial charge on any atom is -0.393 e. The molecule has 0 spiro atoms. The average molecular weight is 170 g/mol. The zero-order valence-electron chi connectivity index (χ0n) is 7.72. The summed E-state index contributed by atoms with van der Waals surface area (Å²) in [4.78, 5) is 21.9. The Morgan fingerprint density at radius 2 is 1.67 bits per heavy atom. The van der Waals surface area contributed by atoms with Crippen LogP contribution in [0.4, 0.5) is 0 Å². The molecule has 68 valence electrons. The molecule has 0 atom stereocenters. The summed E-state index contributed by atoms with van der Waals surface area (Å²) in [6, 6.07) is 0. The van der Waals surface area contributed by atoms with Gasteiger partial charge in [-0.15, -0.1) is 0 Å². The third kappa shape index (κ3) is 1.65. The summed E-state index contributed by atoms with van der Waals surface area (Å²) >= 11 is 0. The molecular formula is C9H14O3. The summed E-state index contributed by atoms with van der Waals surface area (Å²) < 4.78 is 4.45. The van der Waals surface area contributed by atoms with Crippen LogP contribution in [0.1, 0.15) is 33.6 Å². The molecule has 0 aliphatic carbocycles. The Kier molecular flexibility index (Phi) is 2.22. The van der Waals surface area contributed by atoms with Crippen LogP contribution in [0.5, 0.6) is 0 Å². The van der Waals surface area contributed by atoms with Crippen molar-refractivity contribution in [1.82, 2.24) is 0 Å². The highest BCUT2D eigenvalue weighted by Gasteiger charge is 2.39. The summed E-state index contributed by atoms with van der Waals surface area (Å²) in [7, 11) is 0. The van der Waals surface area contributed by atoms with Crippen molar-refractivity contribution in [3.05, 3.63) is 0 Å². The molecule has 0 saturated carbocycles. The highest BCUT2D eigenvalue weighted by atomic mass is 16.6. The first-order valence-corrected chi connectivity index (χ1v) is 4.17. The van der Waals surface area contributed by atoms with Gasteiger partial charge in [0.05, 0.1) is 12.8 Å². The molecule has 0 unspecified atom stereocenters. The maximum absolute atomic E-state index is 11.0. The van der Waals surface area contributed by atoms with Crippen LogP contribution in [0, 0.1) is 11.3 Å². The second kappa shape index (κ2) is 2.88. The summed E-state index contributed by atoms with van der Waals surface area (Å²) in [5.41, 5.74) is -0.202. The predicted molar refractivity (Wildman–Crippen MR) is 43.3 cm³/mol. The van der Waals surface area contributed by atoms with Gasteiger partial charge in [-0.3, -0.25) is 9.59 Å². The normalized spacial score (nSPS) is 22.7. The van der Waals surface area contributed by atoms with E-state index in [9.17, 15) is 9.59 Å². The number of esters is 2. The van der Waals surface area contributed by atoms with Gasteiger partial charge in [0.15, 0.2) is 0 Å². The Bertz CT molecular complexity index is 202. The molecule has 1 fully saturated rings. The van der Waals surface area contributed by atoms with Crippen LogP contribution in [-0.2, 0) is 14.3 Å². The van der Waals surface area contributed by atoms with Gasteiger partial charge in [0.1, 0.15) is 0 Å². The SMILES string of the molecule is CC(C)C1(C)CC(=O)OC(=O)C1. The van der Waals surface area contributed by atoms with E-state index in [0.717, 1.165) is 0 Å². The van der Waals surface area contributed by atoms with E-state index in [1.165, 1.54) is 0 Å². The van der Waals surface area contributed by atoms with Crippen molar-refractivity contribution in [2.24, 2.45) is 11.3 Å². The van der Waals surface area contributed by atoms with Gasteiger partial charge in [-0.25, -0.2) is 0 Å². The van der Waals surface area contributed by atoms with Crippen molar-refractivity contribution in [3.8, 4) is 0 Å². The Morgan fingerprint density at radius 3 is 2.00 bits per heavy atom. The first kappa shape index (κ1) is 9.23. The topological polar surface area (TPSA) is 43.4 Å². The average Bonchev–Trinajstić information content (AvgIpc) is 1.82. The second-order valence-electron chi connectivity index (χ2n) is 4.01. The van der Waals surface area contributed by atoms with E-state index in [1.807, 2.05) is 20.8 Å². The van der Waals surface area contributed by atoms with Gasteiger partial charge in [0, 0.05) is 0 Å². The first-order valence-electron chi connectivity index (χ1n) is 4.17. The van der Waals surface area contributed by atoms with Gasteiger partial charge in [-0.1, -0.05) is 20.8 Å². The quantitative estimate of drug-likeness (QED) is 0.442. The molecule has 1 aliphatic heterocycles. The Balaban J connectivity index is 2.78. The molecule has 1 rings (SSSR count). The molecular weight excluding hydrogens is 156 g/mol. The molecule has 1 saturated heterocycles. The Labute approximate surface area is 72.1 Å². The lowest BCUT2D eigenvalue weighted by molar-refractivity contribution is -0.170. The van der Waals surface area contributed by atoms with Crippen molar-refractivity contribution in [2.75, 3.05) is 0 Å². The minimum atomic E-state index is -0.387. The monoisotopic (exact) mass is 170 g/mol. The molecule has 3 nitrogen and oxygen atoms in total.